The van der Waals surface area contributed by atoms with Crippen LogP contribution in [0, 0.1) is 5.41 Å². The number of allylic oxidation sites excluding steroid dienone is 1. The fourth-order valence-corrected chi connectivity index (χ4v) is 4.50. The Bertz CT molecular complexity index is 1000. The summed E-state index contributed by atoms with van der Waals surface area (Å²) in [6.07, 6.45) is 5.49. The van der Waals surface area contributed by atoms with E-state index in [1.165, 1.54) is 17.5 Å². The van der Waals surface area contributed by atoms with Crippen molar-refractivity contribution in [1.82, 2.24) is 10.3 Å². The standard InChI is InChI=1S/C24H28N4O/c1-24(2,3)21-14-22-27(15-18-7-4-5-10-20(18)28(22)26-21)23(29)25-19-12-11-16-8-6-9-17(16)13-19/h4-5,7,10-14,22,26H,6,8-9,15H2,1-3H3,(H,25,29). The molecule has 2 aliphatic heterocycles. The van der Waals surface area contributed by atoms with Gasteiger partial charge < -0.3 is 5.32 Å². The summed E-state index contributed by atoms with van der Waals surface area (Å²) < 4.78 is 0. The summed E-state index contributed by atoms with van der Waals surface area (Å²) in [6.45, 7) is 7.14. The summed E-state index contributed by atoms with van der Waals surface area (Å²) in [5, 5.41) is 5.25. The van der Waals surface area contributed by atoms with Gasteiger partial charge in [-0.15, -0.1) is 0 Å². The number of fused-ring (bicyclic) bond motifs is 4. The number of urea groups is 1. The molecule has 0 saturated heterocycles. The Kier molecular flexibility index (Phi) is 4.09. The van der Waals surface area contributed by atoms with Crippen LogP contribution in [0.25, 0.3) is 0 Å². The second-order valence-corrected chi connectivity index (χ2v) is 9.25. The average Bonchev–Trinajstić information content (AvgIpc) is 3.34. The highest BCUT2D eigenvalue weighted by atomic mass is 16.2. The maximum absolute atomic E-state index is 13.3. The van der Waals surface area contributed by atoms with Gasteiger partial charge in [0.15, 0.2) is 0 Å². The Labute approximate surface area is 172 Å². The van der Waals surface area contributed by atoms with Gasteiger partial charge in [0.2, 0.25) is 0 Å². The van der Waals surface area contributed by atoms with Crippen LogP contribution in [0.5, 0.6) is 0 Å². The molecule has 0 spiro atoms. The monoisotopic (exact) mass is 388 g/mol. The van der Waals surface area contributed by atoms with Gasteiger partial charge in [0.1, 0.15) is 6.17 Å². The van der Waals surface area contributed by atoms with Gasteiger partial charge in [-0.3, -0.25) is 15.3 Å². The van der Waals surface area contributed by atoms with Crippen LogP contribution in [-0.4, -0.2) is 17.1 Å². The number of hydrazine groups is 1. The number of aryl methyl sites for hydroxylation is 2. The quantitative estimate of drug-likeness (QED) is 0.737. The molecule has 2 amide bonds. The highest BCUT2D eigenvalue weighted by molar-refractivity contribution is 5.90. The highest BCUT2D eigenvalue weighted by Crippen LogP contribution is 2.37. The number of amides is 2. The maximum Gasteiger partial charge on any atom is 0.324 e. The van der Waals surface area contributed by atoms with E-state index in [2.05, 4.69) is 66.9 Å². The van der Waals surface area contributed by atoms with Gasteiger partial charge in [0, 0.05) is 16.8 Å². The van der Waals surface area contributed by atoms with Crippen LogP contribution >= 0.6 is 0 Å². The Balaban J connectivity index is 1.45. The first-order valence-electron chi connectivity index (χ1n) is 10.5. The lowest BCUT2D eigenvalue weighted by Crippen LogP contribution is -2.55. The summed E-state index contributed by atoms with van der Waals surface area (Å²) in [6, 6.07) is 14.5. The molecule has 5 nitrogen and oxygen atoms in total. The van der Waals surface area contributed by atoms with Crippen molar-refractivity contribution in [3.8, 4) is 0 Å². The third-order valence-corrected chi connectivity index (χ3v) is 6.15. The minimum Gasteiger partial charge on any atom is -0.308 e. The number of benzene rings is 2. The zero-order valence-electron chi connectivity index (χ0n) is 17.3. The van der Waals surface area contributed by atoms with Crippen molar-refractivity contribution < 1.29 is 4.79 Å². The molecule has 5 heteroatoms. The van der Waals surface area contributed by atoms with Crippen LogP contribution in [0.4, 0.5) is 16.2 Å². The molecule has 5 rings (SSSR count). The zero-order valence-corrected chi connectivity index (χ0v) is 17.3. The smallest absolute Gasteiger partial charge is 0.308 e. The Morgan fingerprint density at radius 3 is 2.69 bits per heavy atom. The van der Waals surface area contributed by atoms with E-state index in [4.69, 9.17) is 0 Å². The molecule has 2 N–H and O–H groups in total. The van der Waals surface area contributed by atoms with Crippen molar-refractivity contribution in [2.75, 3.05) is 10.3 Å². The van der Waals surface area contributed by atoms with E-state index in [9.17, 15) is 4.79 Å². The molecule has 29 heavy (non-hydrogen) atoms. The number of hydrogen-bond acceptors (Lipinski definition) is 3. The first-order valence-corrected chi connectivity index (χ1v) is 10.5. The van der Waals surface area contributed by atoms with Crippen LogP contribution < -0.4 is 15.8 Å². The summed E-state index contributed by atoms with van der Waals surface area (Å²) >= 11 is 0. The number of carbonyl (C=O) groups is 1. The molecule has 1 atom stereocenters. The van der Waals surface area contributed by atoms with Crippen molar-refractivity contribution in [2.24, 2.45) is 5.41 Å². The number of hydrogen-bond donors (Lipinski definition) is 2. The Hall–Kier alpha value is -2.95. The predicted molar refractivity (Wildman–Crippen MR) is 116 cm³/mol. The largest absolute Gasteiger partial charge is 0.324 e. The van der Waals surface area contributed by atoms with E-state index in [1.54, 1.807) is 0 Å². The number of rotatable bonds is 1. The van der Waals surface area contributed by atoms with Gasteiger partial charge in [0.05, 0.1) is 12.2 Å². The molecule has 2 aromatic rings. The molecule has 2 aromatic carbocycles. The van der Waals surface area contributed by atoms with E-state index >= 15 is 0 Å². The van der Waals surface area contributed by atoms with Crippen molar-refractivity contribution >= 4 is 17.4 Å². The van der Waals surface area contributed by atoms with Crippen LogP contribution in [0.15, 0.2) is 54.2 Å². The molecular formula is C24H28N4O. The Morgan fingerprint density at radius 1 is 1.07 bits per heavy atom. The van der Waals surface area contributed by atoms with Crippen LogP contribution in [0.3, 0.4) is 0 Å². The van der Waals surface area contributed by atoms with Crippen molar-refractivity contribution in [3.05, 3.63) is 70.9 Å². The van der Waals surface area contributed by atoms with Gasteiger partial charge in [-0.1, -0.05) is 45.0 Å². The second kappa shape index (κ2) is 6.55. The van der Waals surface area contributed by atoms with Gasteiger partial charge in [-0.25, -0.2) is 4.79 Å². The SMILES string of the molecule is CC(C)(C)C1=CC2N(C(=O)Nc3ccc4c(c3)CCC4)Cc3ccccc3N2N1. The predicted octanol–water partition coefficient (Wildman–Crippen LogP) is 4.80. The van der Waals surface area contributed by atoms with E-state index in [1.807, 2.05) is 23.1 Å². The molecular weight excluding hydrogens is 360 g/mol. The minimum atomic E-state index is -0.145. The maximum atomic E-state index is 13.3. The zero-order chi connectivity index (χ0) is 20.2. The molecule has 0 bridgehead atoms. The van der Waals surface area contributed by atoms with Gasteiger partial charge in [0.25, 0.3) is 0 Å². The topological polar surface area (TPSA) is 47.6 Å². The summed E-state index contributed by atoms with van der Waals surface area (Å²) in [5.74, 6) is 0. The fraction of sp³-hybridized carbons (Fsp3) is 0.375. The minimum absolute atomic E-state index is 0.0194. The Morgan fingerprint density at radius 2 is 1.86 bits per heavy atom. The fourth-order valence-electron chi connectivity index (χ4n) is 4.50. The number of anilines is 2. The number of nitrogens with zero attached hydrogens (tertiary/aromatic N) is 2. The molecule has 0 radical (unpaired) electrons. The lowest BCUT2D eigenvalue weighted by atomic mass is 9.92. The molecule has 1 unspecified atom stereocenters. The molecule has 0 fully saturated rings. The first-order chi connectivity index (χ1) is 13.9. The molecule has 2 heterocycles. The molecule has 3 aliphatic rings. The molecule has 0 saturated carbocycles. The highest BCUT2D eigenvalue weighted by Gasteiger charge is 2.40. The molecule has 150 valence electrons. The average molecular weight is 389 g/mol. The van der Waals surface area contributed by atoms with E-state index < -0.39 is 0 Å². The normalized spacial score (nSPS) is 19.8. The van der Waals surface area contributed by atoms with E-state index in [0.717, 1.165) is 35.5 Å². The van der Waals surface area contributed by atoms with E-state index in [-0.39, 0.29) is 17.6 Å². The van der Waals surface area contributed by atoms with Crippen LogP contribution in [0.1, 0.15) is 43.9 Å². The number of nitrogens with one attached hydrogen (secondary N) is 2. The van der Waals surface area contributed by atoms with Crippen molar-refractivity contribution in [2.45, 2.75) is 52.7 Å². The number of para-hydroxylation sites is 1. The molecule has 0 aromatic heterocycles. The summed E-state index contributed by atoms with van der Waals surface area (Å²) in [7, 11) is 0. The van der Waals surface area contributed by atoms with Crippen molar-refractivity contribution in [1.29, 1.82) is 0 Å². The van der Waals surface area contributed by atoms with Gasteiger partial charge in [-0.05, 0) is 60.2 Å². The lowest BCUT2D eigenvalue weighted by molar-refractivity contribution is 0.190. The summed E-state index contributed by atoms with van der Waals surface area (Å²) in [5.41, 5.74) is 10.6. The second-order valence-electron chi connectivity index (χ2n) is 9.25. The first kappa shape index (κ1) is 18.1. The summed E-state index contributed by atoms with van der Waals surface area (Å²) in [4.78, 5) is 15.2. The third-order valence-electron chi connectivity index (χ3n) is 6.15. The van der Waals surface area contributed by atoms with Gasteiger partial charge in [-0.2, -0.15) is 0 Å². The number of carbonyl (C=O) groups excluding carboxylic acids is 1. The van der Waals surface area contributed by atoms with Crippen molar-refractivity contribution in [3.63, 3.8) is 0 Å². The van der Waals surface area contributed by atoms with Crippen LogP contribution in [-0.2, 0) is 19.4 Å². The van der Waals surface area contributed by atoms with Crippen LogP contribution in [0.2, 0.25) is 0 Å². The molecule has 1 aliphatic carbocycles. The third kappa shape index (κ3) is 3.15. The van der Waals surface area contributed by atoms with E-state index in [0.29, 0.717) is 6.54 Å². The van der Waals surface area contributed by atoms with Gasteiger partial charge >= 0.3 is 6.03 Å². The lowest BCUT2D eigenvalue weighted by Gasteiger charge is -2.41.